The molecule has 1 heterocycles. The molecule has 0 radical (unpaired) electrons. The van der Waals surface area contributed by atoms with E-state index in [0.29, 0.717) is 6.54 Å². The molecule has 7 heteroatoms. The summed E-state index contributed by atoms with van der Waals surface area (Å²) >= 11 is 0. The number of carbonyl (C=O) groups excluding carboxylic acids is 2. The van der Waals surface area contributed by atoms with Gasteiger partial charge in [-0.05, 0) is 32.9 Å². The Kier molecular flexibility index (Phi) is 7.07. The summed E-state index contributed by atoms with van der Waals surface area (Å²) in [7, 11) is 3.37. The first kappa shape index (κ1) is 21.0. The van der Waals surface area contributed by atoms with Crippen LogP contribution in [0, 0.1) is 0 Å². The normalized spacial score (nSPS) is 15.4. The fourth-order valence-corrected chi connectivity index (χ4v) is 3.24. The molecule has 1 saturated heterocycles. The third-order valence-electron chi connectivity index (χ3n) is 4.62. The standard InChI is InChI=1S/C20H32N4O3/c1-20(2,3)21-18(25)14-22(4)19(26)15-23-10-12-24(13-11-23)16-8-6-7-9-17(16)27-5/h6-9H,10-15H2,1-5H3,(H,21,25)/p+1. The first-order valence-corrected chi connectivity index (χ1v) is 9.46. The summed E-state index contributed by atoms with van der Waals surface area (Å²) in [4.78, 5) is 29.5. The summed E-state index contributed by atoms with van der Waals surface area (Å²) in [6.07, 6.45) is 0. The first-order valence-electron chi connectivity index (χ1n) is 9.46. The zero-order valence-corrected chi connectivity index (χ0v) is 17.2. The molecule has 2 amide bonds. The van der Waals surface area contributed by atoms with E-state index in [0.717, 1.165) is 37.6 Å². The number of nitrogens with one attached hydrogen (secondary N) is 2. The van der Waals surface area contributed by atoms with Crippen molar-refractivity contribution in [1.29, 1.82) is 0 Å². The molecule has 0 spiro atoms. The molecular weight excluding hydrogens is 344 g/mol. The van der Waals surface area contributed by atoms with Crippen molar-refractivity contribution >= 4 is 17.5 Å². The van der Waals surface area contributed by atoms with Crippen LogP contribution in [0.1, 0.15) is 20.8 Å². The fraction of sp³-hybridized carbons (Fsp3) is 0.600. The SMILES string of the molecule is COc1ccccc1N1CC[NH+](CC(=O)N(C)CC(=O)NC(C)(C)C)CC1. The van der Waals surface area contributed by atoms with Gasteiger partial charge in [0.2, 0.25) is 5.91 Å². The summed E-state index contributed by atoms with van der Waals surface area (Å²) in [5.41, 5.74) is 0.808. The van der Waals surface area contributed by atoms with Crippen LogP contribution < -0.4 is 19.9 Å². The number of ether oxygens (including phenoxy) is 1. The van der Waals surface area contributed by atoms with Gasteiger partial charge in [-0.25, -0.2) is 0 Å². The molecule has 7 nitrogen and oxygen atoms in total. The zero-order chi connectivity index (χ0) is 20.0. The van der Waals surface area contributed by atoms with Gasteiger partial charge in [0, 0.05) is 12.6 Å². The molecule has 27 heavy (non-hydrogen) atoms. The second-order valence-electron chi connectivity index (χ2n) is 8.13. The number of quaternary nitrogens is 1. The number of nitrogens with zero attached hydrogens (tertiary/aromatic N) is 2. The molecular formula is C20H33N4O3+. The number of rotatable bonds is 6. The maximum absolute atomic E-state index is 12.5. The number of likely N-dealkylation sites (N-methyl/N-ethyl adjacent to an activating group) is 1. The average molecular weight is 378 g/mol. The van der Waals surface area contributed by atoms with Gasteiger partial charge in [0.25, 0.3) is 5.91 Å². The highest BCUT2D eigenvalue weighted by molar-refractivity contribution is 5.85. The van der Waals surface area contributed by atoms with E-state index in [-0.39, 0.29) is 23.9 Å². The number of amides is 2. The number of para-hydroxylation sites is 2. The Labute approximate surface area is 162 Å². The average Bonchev–Trinajstić information content (AvgIpc) is 2.60. The summed E-state index contributed by atoms with van der Waals surface area (Å²) in [6, 6.07) is 8.01. The van der Waals surface area contributed by atoms with E-state index in [1.807, 2.05) is 39.0 Å². The van der Waals surface area contributed by atoms with Crippen molar-refractivity contribution in [1.82, 2.24) is 10.2 Å². The van der Waals surface area contributed by atoms with Gasteiger partial charge in [-0.2, -0.15) is 0 Å². The Hall–Kier alpha value is -2.28. The predicted octanol–water partition coefficient (Wildman–Crippen LogP) is -0.227. The van der Waals surface area contributed by atoms with Crippen molar-refractivity contribution in [3.8, 4) is 5.75 Å². The number of anilines is 1. The van der Waals surface area contributed by atoms with Crippen LogP contribution in [0.2, 0.25) is 0 Å². The zero-order valence-electron chi connectivity index (χ0n) is 17.2. The summed E-state index contributed by atoms with van der Waals surface area (Å²) < 4.78 is 5.45. The number of piperazine rings is 1. The maximum Gasteiger partial charge on any atom is 0.277 e. The molecule has 1 aliphatic heterocycles. The number of hydrogen-bond donors (Lipinski definition) is 2. The largest absolute Gasteiger partial charge is 0.495 e. The Morgan fingerprint density at radius 1 is 1.22 bits per heavy atom. The highest BCUT2D eigenvalue weighted by atomic mass is 16.5. The van der Waals surface area contributed by atoms with Crippen LogP contribution in [0.4, 0.5) is 5.69 Å². The minimum Gasteiger partial charge on any atom is -0.495 e. The lowest BCUT2D eigenvalue weighted by Gasteiger charge is -2.34. The Bertz CT molecular complexity index is 649. The molecule has 2 N–H and O–H groups in total. The molecule has 1 aromatic rings. The molecule has 150 valence electrons. The summed E-state index contributed by atoms with van der Waals surface area (Å²) in [5.74, 6) is 0.746. The van der Waals surface area contributed by atoms with Crippen molar-refractivity contribution in [2.24, 2.45) is 0 Å². The Balaban J connectivity index is 1.81. The van der Waals surface area contributed by atoms with Crippen LogP contribution in [0.5, 0.6) is 5.75 Å². The lowest BCUT2D eigenvalue weighted by molar-refractivity contribution is -0.892. The monoisotopic (exact) mass is 377 g/mol. The number of carbonyl (C=O) groups is 2. The smallest absolute Gasteiger partial charge is 0.277 e. The minimum atomic E-state index is -0.291. The quantitative estimate of drug-likeness (QED) is 0.719. The summed E-state index contributed by atoms with van der Waals surface area (Å²) in [6.45, 7) is 9.80. The highest BCUT2D eigenvalue weighted by Crippen LogP contribution is 2.27. The molecule has 0 unspecified atom stereocenters. The van der Waals surface area contributed by atoms with Gasteiger partial charge in [0.05, 0.1) is 45.5 Å². The van der Waals surface area contributed by atoms with Gasteiger partial charge in [-0.15, -0.1) is 0 Å². The van der Waals surface area contributed by atoms with Gasteiger partial charge in [0.1, 0.15) is 5.75 Å². The third-order valence-corrected chi connectivity index (χ3v) is 4.62. The highest BCUT2D eigenvalue weighted by Gasteiger charge is 2.26. The Morgan fingerprint density at radius 3 is 2.44 bits per heavy atom. The van der Waals surface area contributed by atoms with Crippen LogP contribution in [0.3, 0.4) is 0 Å². The molecule has 0 saturated carbocycles. The molecule has 1 aliphatic rings. The third kappa shape index (κ3) is 6.43. The predicted molar refractivity (Wildman–Crippen MR) is 106 cm³/mol. The van der Waals surface area contributed by atoms with Crippen LogP contribution in [0.15, 0.2) is 24.3 Å². The lowest BCUT2D eigenvalue weighted by Crippen LogP contribution is -3.15. The van der Waals surface area contributed by atoms with Crippen LogP contribution in [-0.2, 0) is 9.59 Å². The van der Waals surface area contributed by atoms with Gasteiger partial charge in [-0.3, -0.25) is 9.59 Å². The van der Waals surface area contributed by atoms with E-state index < -0.39 is 0 Å². The molecule has 0 bridgehead atoms. The van der Waals surface area contributed by atoms with Crippen molar-refractivity contribution in [2.45, 2.75) is 26.3 Å². The first-order chi connectivity index (χ1) is 12.7. The molecule has 0 aliphatic carbocycles. The number of benzene rings is 1. The summed E-state index contributed by atoms with van der Waals surface area (Å²) in [5, 5.41) is 2.89. The van der Waals surface area contributed by atoms with Crippen molar-refractivity contribution < 1.29 is 19.2 Å². The number of hydrogen-bond acceptors (Lipinski definition) is 4. The number of methoxy groups -OCH3 is 1. The van der Waals surface area contributed by atoms with E-state index in [9.17, 15) is 9.59 Å². The van der Waals surface area contributed by atoms with Crippen molar-refractivity contribution in [3.63, 3.8) is 0 Å². The van der Waals surface area contributed by atoms with Crippen molar-refractivity contribution in [3.05, 3.63) is 24.3 Å². The van der Waals surface area contributed by atoms with Gasteiger partial charge >= 0.3 is 0 Å². The fourth-order valence-electron chi connectivity index (χ4n) is 3.24. The minimum absolute atomic E-state index is 0.000184. The van der Waals surface area contributed by atoms with Crippen LogP contribution in [-0.4, -0.2) is 75.7 Å². The topological polar surface area (TPSA) is 66.3 Å². The van der Waals surface area contributed by atoms with E-state index in [2.05, 4.69) is 16.3 Å². The molecule has 1 fully saturated rings. The van der Waals surface area contributed by atoms with Crippen LogP contribution in [0.25, 0.3) is 0 Å². The van der Waals surface area contributed by atoms with E-state index in [1.54, 1.807) is 14.2 Å². The van der Waals surface area contributed by atoms with E-state index in [1.165, 1.54) is 9.80 Å². The van der Waals surface area contributed by atoms with Gasteiger partial charge in [0.15, 0.2) is 6.54 Å². The lowest BCUT2D eigenvalue weighted by atomic mass is 10.1. The van der Waals surface area contributed by atoms with Crippen molar-refractivity contribution in [2.75, 3.05) is 58.3 Å². The Morgan fingerprint density at radius 2 is 1.85 bits per heavy atom. The molecule has 1 aromatic carbocycles. The molecule has 0 atom stereocenters. The van der Waals surface area contributed by atoms with Gasteiger partial charge in [-0.1, -0.05) is 12.1 Å². The second-order valence-corrected chi connectivity index (χ2v) is 8.13. The molecule has 0 aromatic heterocycles. The van der Waals surface area contributed by atoms with Crippen LogP contribution >= 0.6 is 0 Å². The second kappa shape index (κ2) is 9.08. The molecule has 2 rings (SSSR count). The van der Waals surface area contributed by atoms with E-state index in [4.69, 9.17) is 4.74 Å². The van der Waals surface area contributed by atoms with E-state index >= 15 is 0 Å². The maximum atomic E-state index is 12.5. The van der Waals surface area contributed by atoms with Gasteiger partial charge < -0.3 is 24.8 Å².